The fraction of sp³-hybridized carbons (Fsp3) is 0.538. The summed E-state index contributed by atoms with van der Waals surface area (Å²) in [6, 6.07) is 8.83. The second-order valence-corrected chi connectivity index (χ2v) is 6.92. The van der Waals surface area contributed by atoms with Gasteiger partial charge in [-0.3, -0.25) is 0 Å². The normalized spacial score (nSPS) is 19.1. The Labute approximate surface area is 107 Å². The molecule has 1 heterocycles. The van der Waals surface area contributed by atoms with E-state index in [1.807, 2.05) is 0 Å². The SMILES string of the molecule is CN(C)CCSCC1Cc2ccccc2S1. The molecule has 0 N–H and O–H groups in total. The molecule has 1 unspecified atom stereocenters. The number of nitrogens with zero attached hydrogens (tertiary/aromatic N) is 1. The lowest BCUT2D eigenvalue weighted by atomic mass is 10.1. The smallest absolute Gasteiger partial charge is 0.0226 e. The molecule has 0 spiro atoms. The molecule has 0 radical (unpaired) electrons. The highest BCUT2D eigenvalue weighted by Crippen LogP contribution is 2.37. The van der Waals surface area contributed by atoms with Gasteiger partial charge in [-0.25, -0.2) is 0 Å². The monoisotopic (exact) mass is 253 g/mol. The average Bonchev–Trinajstić information content (AvgIpc) is 2.66. The highest BCUT2D eigenvalue weighted by Gasteiger charge is 2.21. The quantitative estimate of drug-likeness (QED) is 0.743. The molecule has 1 aromatic carbocycles. The van der Waals surface area contributed by atoms with Crippen LogP contribution in [0.2, 0.25) is 0 Å². The molecule has 1 atom stereocenters. The Morgan fingerprint density at radius 2 is 2.19 bits per heavy atom. The van der Waals surface area contributed by atoms with Crippen LogP contribution in [0.15, 0.2) is 29.2 Å². The molecule has 3 heteroatoms. The Morgan fingerprint density at radius 3 is 2.94 bits per heavy atom. The third-order valence-corrected chi connectivity index (χ3v) is 5.34. The second kappa shape index (κ2) is 5.99. The summed E-state index contributed by atoms with van der Waals surface area (Å²) in [5.74, 6) is 2.54. The first kappa shape index (κ1) is 12.3. The number of fused-ring (bicyclic) bond motifs is 1. The van der Waals surface area contributed by atoms with Gasteiger partial charge < -0.3 is 4.90 Å². The van der Waals surface area contributed by atoms with E-state index < -0.39 is 0 Å². The van der Waals surface area contributed by atoms with Crippen LogP contribution in [-0.4, -0.2) is 42.3 Å². The highest BCUT2D eigenvalue weighted by molar-refractivity contribution is 8.03. The molecule has 0 saturated carbocycles. The molecular weight excluding hydrogens is 234 g/mol. The third kappa shape index (κ3) is 3.44. The minimum atomic E-state index is 0.796. The van der Waals surface area contributed by atoms with E-state index in [9.17, 15) is 0 Å². The minimum Gasteiger partial charge on any atom is -0.309 e. The molecule has 1 nitrogen and oxygen atoms in total. The van der Waals surface area contributed by atoms with Crippen molar-refractivity contribution in [2.24, 2.45) is 0 Å². The molecule has 0 aliphatic carbocycles. The first-order valence-corrected chi connectivity index (χ1v) is 7.76. The van der Waals surface area contributed by atoms with Crippen molar-refractivity contribution < 1.29 is 0 Å². The summed E-state index contributed by atoms with van der Waals surface area (Å²) >= 11 is 4.15. The van der Waals surface area contributed by atoms with Crippen LogP contribution < -0.4 is 0 Å². The lowest BCUT2D eigenvalue weighted by Crippen LogP contribution is -2.16. The van der Waals surface area contributed by atoms with Crippen LogP contribution in [0.1, 0.15) is 5.56 Å². The number of rotatable bonds is 5. The maximum Gasteiger partial charge on any atom is 0.0226 e. The van der Waals surface area contributed by atoms with Crippen molar-refractivity contribution in [2.75, 3.05) is 32.1 Å². The predicted molar refractivity (Wildman–Crippen MR) is 75.7 cm³/mol. The predicted octanol–water partition coefficient (Wildman–Crippen LogP) is 3.00. The topological polar surface area (TPSA) is 3.24 Å². The van der Waals surface area contributed by atoms with Crippen molar-refractivity contribution in [3.8, 4) is 0 Å². The number of thioether (sulfide) groups is 2. The summed E-state index contributed by atoms with van der Waals surface area (Å²) in [4.78, 5) is 3.75. The van der Waals surface area contributed by atoms with Gasteiger partial charge in [0.05, 0.1) is 0 Å². The Bertz CT molecular complexity index is 313. The largest absolute Gasteiger partial charge is 0.309 e. The lowest BCUT2D eigenvalue weighted by Gasteiger charge is -2.11. The van der Waals surface area contributed by atoms with Crippen LogP contribution >= 0.6 is 23.5 Å². The maximum atomic E-state index is 2.27. The molecular formula is C13H19NS2. The van der Waals surface area contributed by atoms with Crippen molar-refractivity contribution in [1.29, 1.82) is 0 Å². The Morgan fingerprint density at radius 1 is 1.38 bits per heavy atom. The average molecular weight is 253 g/mol. The van der Waals surface area contributed by atoms with Crippen LogP contribution in [0.25, 0.3) is 0 Å². The van der Waals surface area contributed by atoms with Crippen molar-refractivity contribution in [3.05, 3.63) is 29.8 Å². The molecule has 0 saturated heterocycles. The summed E-state index contributed by atoms with van der Waals surface area (Å²) in [6.07, 6.45) is 1.26. The van der Waals surface area contributed by atoms with Crippen LogP contribution in [0.5, 0.6) is 0 Å². The van der Waals surface area contributed by atoms with E-state index in [0.717, 1.165) is 5.25 Å². The fourth-order valence-corrected chi connectivity index (χ4v) is 4.49. The summed E-state index contributed by atoms with van der Waals surface area (Å²) in [5, 5.41) is 0.796. The van der Waals surface area contributed by atoms with Crippen LogP contribution in [0, 0.1) is 0 Å². The van der Waals surface area contributed by atoms with Gasteiger partial charge in [-0.1, -0.05) is 18.2 Å². The number of benzene rings is 1. The molecule has 2 rings (SSSR count). The summed E-state index contributed by atoms with van der Waals surface area (Å²) < 4.78 is 0. The van der Waals surface area contributed by atoms with Gasteiger partial charge >= 0.3 is 0 Å². The van der Waals surface area contributed by atoms with Gasteiger partial charge in [0.1, 0.15) is 0 Å². The summed E-state index contributed by atoms with van der Waals surface area (Å²) in [7, 11) is 4.28. The van der Waals surface area contributed by atoms with Crippen molar-refractivity contribution in [2.45, 2.75) is 16.6 Å². The third-order valence-electron chi connectivity index (χ3n) is 2.70. The van der Waals surface area contributed by atoms with E-state index in [0.29, 0.717) is 0 Å². The Kier molecular flexibility index (Phi) is 4.62. The first-order chi connectivity index (χ1) is 7.75. The molecule has 1 aliphatic rings. The van der Waals surface area contributed by atoms with E-state index in [1.54, 1.807) is 5.56 Å². The van der Waals surface area contributed by atoms with Crippen LogP contribution in [0.3, 0.4) is 0 Å². The minimum absolute atomic E-state index is 0.796. The Hall–Kier alpha value is -0.120. The lowest BCUT2D eigenvalue weighted by molar-refractivity contribution is 0.437. The van der Waals surface area contributed by atoms with E-state index >= 15 is 0 Å². The number of hydrogen-bond acceptors (Lipinski definition) is 3. The number of hydrogen-bond donors (Lipinski definition) is 0. The van der Waals surface area contributed by atoms with Gasteiger partial charge in [-0.15, -0.1) is 11.8 Å². The van der Waals surface area contributed by atoms with Gasteiger partial charge in [0.2, 0.25) is 0 Å². The molecule has 0 amide bonds. The molecule has 0 bridgehead atoms. The Balaban J connectivity index is 1.71. The standard InChI is InChI=1S/C13H19NS2/c1-14(2)7-8-15-10-12-9-11-5-3-4-6-13(11)16-12/h3-6,12H,7-10H2,1-2H3. The van der Waals surface area contributed by atoms with E-state index in [1.165, 1.54) is 29.4 Å². The van der Waals surface area contributed by atoms with Gasteiger partial charge in [-0.05, 0) is 32.1 Å². The first-order valence-electron chi connectivity index (χ1n) is 5.73. The molecule has 1 aromatic rings. The molecule has 88 valence electrons. The molecule has 16 heavy (non-hydrogen) atoms. The van der Waals surface area contributed by atoms with Crippen molar-refractivity contribution >= 4 is 23.5 Å². The zero-order valence-corrected chi connectivity index (χ0v) is 11.6. The summed E-state index contributed by atoms with van der Waals surface area (Å²) in [5.41, 5.74) is 1.55. The highest BCUT2D eigenvalue weighted by atomic mass is 32.2. The van der Waals surface area contributed by atoms with E-state index in [-0.39, 0.29) is 0 Å². The fourth-order valence-electron chi connectivity index (χ4n) is 1.81. The van der Waals surface area contributed by atoms with Gasteiger partial charge in [0.25, 0.3) is 0 Å². The van der Waals surface area contributed by atoms with Crippen molar-refractivity contribution in [3.63, 3.8) is 0 Å². The van der Waals surface area contributed by atoms with Crippen LogP contribution in [0.4, 0.5) is 0 Å². The van der Waals surface area contributed by atoms with Gasteiger partial charge in [0.15, 0.2) is 0 Å². The van der Waals surface area contributed by atoms with Crippen molar-refractivity contribution in [1.82, 2.24) is 4.90 Å². The van der Waals surface area contributed by atoms with Crippen LogP contribution in [-0.2, 0) is 6.42 Å². The zero-order chi connectivity index (χ0) is 11.4. The summed E-state index contributed by atoms with van der Waals surface area (Å²) in [6.45, 7) is 1.19. The molecule has 0 aromatic heterocycles. The van der Waals surface area contributed by atoms with E-state index in [4.69, 9.17) is 0 Å². The second-order valence-electron chi connectivity index (χ2n) is 4.43. The molecule has 1 aliphatic heterocycles. The molecule has 0 fully saturated rings. The maximum absolute atomic E-state index is 2.27. The zero-order valence-electron chi connectivity index (χ0n) is 9.98. The van der Waals surface area contributed by atoms with Gasteiger partial charge in [0, 0.05) is 28.2 Å². The van der Waals surface area contributed by atoms with E-state index in [2.05, 4.69) is 66.8 Å². The van der Waals surface area contributed by atoms with Gasteiger partial charge in [-0.2, -0.15) is 11.8 Å².